The summed E-state index contributed by atoms with van der Waals surface area (Å²) < 4.78 is 5.39. The van der Waals surface area contributed by atoms with Crippen LogP contribution >= 0.6 is 11.6 Å². The highest BCUT2D eigenvalue weighted by molar-refractivity contribution is 6.31. The maximum atomic E-state index is 12.1. The number of carbonyl (C=O) groups excluding carboxylic acids is 1. The zero-order chi connectivity index (χ0) is 14.1. The van der Waals surface area contributed by atoms with E-state index in [1.54, 1.807) is 29.2 Å². The van der Waals surface area contributed by atoms with Crippen LogP contribution in [0.25, 0.3) is 0 Å². The van der Waals surface area contributed by atoms with Crippen molar-refractivity contribution in [1.29, 1.82) is 0 Å². The molecule has 102 valence electrons. The molecule has 0 atom stereocenters. The highest BCUT2D eigenvalue weighted by Crippen LogP contribution is 2.35. The van der Waals surface area contributed by atoms with Crippen LogP contribution < -0.4 is 15.4 Å². The van der Waals surface area contributed by atoms with Crippen LogP contribution in [0.2, 0.25) is 5.02 Å². The van der Waals surface area contributed by atoms with E-state index in [1.807, 2.05) is 12.1 Å². The maximum Gasteiger partial charge on any atom is 0.265 e. The van der Waals surface area contributed by atoms with Gasteiger partial charge in [0.25, 0.3) is 5.91 Å². The van der Waals surface area contributed by atoms with E-state index >= 15 is 0 Å². The summed E-state index contributed by atoms with van der Waals surface area (Å²) in [5.41, 5.74) is 7.02. The van der Waals surface area contributed by atoms with Crippen molar-refractivity contribution in [3.05, 3.63) is 47.1 Å². The molecule has 0 saturated heterocycles. The van der Waals surface area contributed by atoms with Crippen LogP contribution in [0.4, 0.5) is 11.5 Å². The Morgan fingerprint density at radius 2 is 2.20 bits per heavy atom. The average Bonchev–Trinajstić information content (AvgIpc) is 2.42. The predicted octanol–water partition coefficient (Wildman–Crippen LogP) is 2.24. The van der Waals surface area contributed by atoms with E-state index in [0.29, 0.717) is 34.5 Å². The summed E-state index contributed by atoms with van der Waals surface area (Å²) in [5, 5.41) is 0.549. The Kier molecular flexibility index (Phi) is 3.20. The van der Waals surface area contributed by atoms with Gasteiger partial charge in [-0.2, -0.15) is 0 Å². The first kappa shape index (κ1) is 12.7. The van der Waals surface area contributed by atoms with Crippen LogP contribution in [0, 0.1) is 0 Å². The highest BCUT2D eigenvalue weighted by atomic mass is 35.5. The Bertz CT molecular complexity index is 675. The van der Waals surface area contributed by atoms with Gasteiger partial charge in [-0.05, 0) is 30.3 Å². The number of amides is 1. The number of hydrogen-bond acceptors (Lipinski definition) is 4. The molecule has 6 heteroatoms. The lowest BCUT2D eigenvalue weighted by molar-refractivity contribution is -0.121. The van der Waals surface area contributed by atoms with Crippen molar-refractivity contribution in [2.24, 2.45) is 0 Å². The van der Waals surface area contributed by atoms with Gasteiger partial charge in [0.1, 0.15) is 11.6 Å². The van der Waals surface area contributed by atoms with Gasteiger partial charge in [0.15, 0.2) is 6.61 Å². The number of ether oxygens (including phenoxy) is 1. The molecule has 0 radical (unpaired) electrons. The fourth-order valence-electron chi connectivity index (χ4n) is 2.10. The molecule has 0 spiro atoms. The Balaban J connectivity index is 1.97. The smallest absolute Gasteiger partial charge is 0.265 e. The third-order valence-electron chi connectivity index (χ3n) is 3.01. The normalized spacial score (nSPS) is 13.8. The summed E-state index contributed by atoms with van der Waals surface area (Å²) in [6.07, 6.45) is 0. The lowest BCUT2D eigenvalue weighted by atomic mass is 10.2. The number of nitrogen functional groups attached to an aromatic ring is 1. The SMILES string of the molecule is Nc1cccc(CN2C(=O)COc3ccc(Cl)cc32)n1. The lowest BCUT2D eigenvalue weighted by Crippen LogP contribution is -2.38. The zero-order valence-corrected chi connectivity index (χ0v) is 11.3. The molecule has 2 N–H and O–H groups in total. The number of rotatable bonds is 2. The van der Waals surface area contributed by atoms with Crippen LogP contribution in [0.1, 0.15) is 5.69 Å². The number of aromatic nitrogens is 1. The molecule has 0 aliphatic carbocycles. The summed E-state index contributed by atoms with van der Waals surface area (Å²) in [4.78, 5) is 17.9. The van der Waals surface area contributed by atoms with Crippen LogP contribution in [-0.4, -0.2) is 17.5 Å². The number of carbonyl (C=O) groups is 1. The number of benzene rings is 1. The average molecular weight is 290 g/mol. The van der Waals surface area contributed by atoms with Crippen LogP contribution in [0.15, 0.2) is 36.4 Å². The number of nitrogens with two attached hydrogens (primary N) is 1. The van der Waals surface area contributed by atoms with Gasteiger partial charge in [-0.15, -0.1) is 0 Å². The number of hydrogen-bond donors (Lipinski definition) is 1. The van der Waals surface area contributed by atoms with Crippen molar-refractivity contribution in [2.75, 3.05) is 17.2 Å². The van der Waals surface area contributed by atoms with Crippen molar-refractivity contribution in [2.45, 2.75) is 6.54 Å². The van der Waals surface area contributed by atoms with Gasteiger partial charge in [0.2, 0.25) is 0 Å². The molecule has 0 bridgehead atoms. The van der Waals surface area contributed by atoms with Crippen molar-refractivity contribution < 1.29 is 9.53 Å². The minimum atomic E-state index is -0.135. The fraction of sp³-hybridized carbons (Fsp3) is 0.143. The van der Waals surface area contributed by atoms with Gasteiger partial charge < -0.3 is 10.5 Å². The molecule has 1 aliphatic rings. The van der Waals surface area contributed by atoms with E-state index in [2.05, 4.69) is 4.98 Å². The quantitative estimate of drug-likeness (QED) is 0.920. The summed E-state index contributed by atoms with van der Waals surface area (Å²) in [7, 11) is 0. The zero-order valence-electron chi connectivity index (χ0n) is 10.5. The molecule has 1 amide bonds. The van der Waals surface area contributed by atoms with Gasteiger partial charge in [-0.3, -0.25) is 9.69 Å². The van der Waals surface area contributed by atoms with E-state index in [4.69, 9.17) is 22.1 Å². The lowest BCUT2D eigenvalue weighted by Gasteiger charge is -2.29. The Labute approximate surface area is 120 Å². The predicted molar refractivity (Wildman–Crippen MR) is 76.8 cm³/mol. The van der Waals surface area contributed by atoms with Crippen LogP contribution in [-0.2, 0) is 11.3 Å². The molecule has 20 heavy (non-hydrogen) atoms. The largest absolute Gasteiger partial charge is 0.482 e. The van der Waals surface area contributed by atoms with E-state index in [1.165, 1.54) is 0 Å². The minimum absolute atomic E-state index is 0.0109. The molecule has 0 saturated carbocycles. The Hall–Kier alpha value is -2.27. The second-order valence-corrected chi connectivity index (χ2v) is 4.87. The third kappa shape index (κ3) is 2.40. The van der Waals surface area contributed by atoms with E-state index in [9.17, 15) is 4.79 Å². The number of fused-ring (bicyclic) bond motifs is 1. The van der Waals surface area contributed by atoms with Crippen molar-refractivity contribution in [3.8, 4) is 5.75 Å². The van der Waals surface area contributed by atoms with Crippen molar-refractivity contribution >= 4 is 29.0 Å². The first-order chi connectivity index (χ1) is 9.63. The summed E-state index contributed by atoms with van der Waals surface area (Å²) in [6, 6.07) is 10.5. The van der Waals surface area contributed by atoms with Crippen molar-refractivity contribution in [1.82, 2.24) is 4.98 Å². The fourth-order valence-corrected chi connectivity index (χ4v) is 2.26. The van der Waals surface area contributed by atoms with E-state index < -0.39 is 0 Å². The third-order valence-corrected chi connectivity index (χ3v) is 3.25. The second-order valence-electron chi connectivity index (χ2n) is 4.43. The molecule has 2 heterocycles. The first-order valence-electron chi connectivity index (χ1n) is 6.07. The highest BCUT2D eigenvalue weighted by Gasteiger charge is 2.26. The molecule has 3 rings (SSSR count). The topological polar surface area (TPSA) is 68.5 Å². The molecule has 1 aliphatic heterocycles. The number of nitrogens with zero attached hydrogens (tertiary/aromatic N) is 2. The van der Waals surface area contributed by atoms with Crippen molar-refractivity contribution in [3.63, 3.8) is 0 Å². The summed E-state index contributed by atoms with van der Waals surface area (Å²) in [6.45, 7) is 0.345. The Morgan fingerprint density at radius 3 is 3.00 bits per heavy atom. The molecule has 0 unspecified atom stereocenters. The molecular formula is C14H12ClN3O2. The van der Waals surface area contributed by atoms with E-state index in [-0.39, 0.29) is 12.5 Å². The standard InChI is InChI=1S/C14H12ClN3O2/c15-9-4-5-12-11(6-9)18(14(19)8-20-12)7-10-2-1-3-13(16)17-10/h1-6H,7-8H2,(H2,16,17). The van der Waals surface area contributed by atoms with Gasteiger partial charge >= 0.3 is 0 Å². The summed E-state index contributed by atoms with van der Waals surface area (Å²) >= 11 is 5.99. The van der Waals surface area contributed by atoms with Gasteiger partial charge in [0.05, 0.1) is 17.9 Å². The molecular weight excluding hydrogens is 278 g/mol. The molecule has 2 aromatic rings. The molecule has 5 nitrogen and oxygen atoms in total. The number of halogens is 1. The number of anilines is 2. The number of pyridine rings is 1. The molecule has 1 aromatic carbocycles. The molecule has 1 aromatic heterocycles. The van der Waals surface area contributed by atoms with E-state index in [0.717, 1.165) is 0 Å². The second kappa shape index (κ2) is 5.02. The summed E-state index contributed by atoms with van der Waals surface area (Å²) in [5.74, 6) is 0.927. The maximum absolute atomic E-state index is 12.1. The van der Waals surface area contributed by atoms with Gasteiger partial charge in [0, 0.05) is 5.02 Å². The Morgan fingerprint density at radius 1 is 1.35 bits per heavy atom. The van der Waals surface area contributed by atoms with Gasteiger partial charge in [-0.25, -0.2) is 4.98 Å². The van der Waals surface area contributed by atoms with Crippen LogP contribution in [0.3, 0.4) is 0 Å². The monoisotopic (exact) mass is 289 g/mol. The molecule has 0 fully saturated rings. The van der Waals surface area contributed by atoms with Gasteiger partial charge in [-0.1, -0.05) is 17.7 Å². The minimum Gasteiger partial charge on any atom is -0.482 e. The van der Waals surface area contributed by atoms with Crippen LogP contribution in [0.5, 0.6) is 5.75 Å². The first-order valence-corrected chi connectivity index (χ1v) is 6.45.